The van der Waals surface area contributed by atoms with Crippen molar-refractivity contribution < 1.29 is 9.18 Å². The van der Waals surface area contributed by atoms with Gasteiger partial charge in [-0.05, 0) is 79.2 Å². The van der Waals surface area contributed by atoms with Gasteiger partial charge in [-0.1, -0.05) is 25.1 Å². The molecule has 0 unspecified atom stereocenters. The number of benzene rings is 3. The number of hydrogen-bond acceptors (Lipinski definition) is 4. The molecule has 8 heteroatoms. The zero-order chi connectivity index (χ0) is 22.0. The maximum absolute atomic E-state index is 13.3. The number of halogens is 1. The molecule has 1 aromatic heterocycles. The third-order valence-corrected chi connectivity index (χ3v) is 5.07. The van der Waals surface area contributed by atoms with E-state index in [-0.39, 0.29) is 10.7 Å². The minimum atomic E-state index is -0.489. The summed E-state index contributed by atoms with van der Waals surface area (Å²) >= 11 is 5.25. The smallest absolute Gasteiger partial charge is 0.257 e. The molecule has 0 aliphatic rings. The minimum absolute atomic E-state index is 0.110. The van der Waals surface area contributed by atoms with E-state index >= 15 is 0 Å². The van der Waals surface area contributed by atoms with Gasteiger partial charge in [-0.3, -0.25) is 10.1 Å². The number of nitrogens with zero attached hydrogens (tertiary/aromatic N) is 3. The van der Waals surface area contributed by atoms with E-state index in [9.17, 15) is 9.18 Å². The van der Waals surface area contributed by atoms with Crippen molar-refractivity contribution in [2.45, 2.75) is 20.3 Å². The Balaban J connectivity index is 1.53. The first kappa shape index (κ1) is 20.6. The molecule has 31 heavy (non-hydrogen) atoms. The first-order valence-electron chi connectivity index (χ1n) is 9.78. The second-order valence-corrected chi connectivity index (χ2v) is 7.49. The molecular weight excluding hydrogens is 413 g/mol. The Morgan fingerprint density at radius 3 is 2.45 bits per heavy atom. The molecule has 0 fully saturated rings. The fourth-order valence-electron chi connectivity index (χ4n) is 3.14. The summed E-state index contributed by atoms with van der Waals surface area (Å²) in [5, 5.41) is 14.8. The largest absolute Gasteiger partial charge is 0.332 e. The molecule has 4 aromatic rings. The van der Waals surface area contributed by atoms with Crippen LogP contribution in [0.25, 0.3) is 16.7 Å². The van der Waals surface area contributed by atoms with Crippen LogP contribution in [0.3, 0.4) is 0 Å². The zero-order valence-corrected chi connectivity index (χ0v) is 17.8. The lowest BCUT2D eigenvalue weighted by atomic mass is 10.2. The van der Waals surface area contributed by atoms with Crippen LogP contribution in [0.1, 0.15) is 28.4 Å². The second-order valence-electron chi connectivity index (χ2n) is 7.08. The number of thiocarbonyl (C=S) groups is 1. The van der Waals surface area contributed by atoms with E-state index in [0.717, 1.165) is 29.3 Å². The lowest BCUT2D eigenvalue weighted by Crippen LogP contribution is -2.34. The highest BCUT2D eigenvalue weighted by Crippen LogP contribution is 2.22. The molecule has 1 amide bonds. The van der Waals surface area contributed by atoms with Gasteiger partial charge < -0.3 is 5.32 Å². The number of carbonyl (C=O) groups is 1. The van der Waals surface area contributed by atoms with Crippen LogP contribution in [0.5, 0.6) is 0 Å². The monoisotopic (exact) mass is 433 g/mol. The molecule has 0 bridgehead atoms. The third-order valence-electron chi connectivity index (χ3n) is 4.86. The summed E-state index contributed by atoms with van der Waals surface area (Å²) in [4.78, 5) is 13.9. The predicted octanol–water partition coefficient (Wildman–Crippen LogP) is 4.56. The van der Waals surface area contributed by atoms with Crippen molar-refractivity contribution in [3.8, 4) is 5.69 Å². The number of rotatable bonds is 4. The van der Waals surface area contributed by atoms with Gasteiger partial charge in [0, 0.05) is 11.3 Å². The average Bonchev–Trinajstić information content (AvgIpc) is 3.16. The lowest BCUT2D eigenvalue weighted by Gasteiger charge is -2.11. The topological polar surface area (TPSA) is 71.8 Å². The molecule has 4 rings (SSSR count). The van der Waals surface area contributed by atoms with Crippen molar-refractivity contribution in [2.24, 2.45) is 0 Å². The fraction of sp³-hybridized carbons (Fsp3) is 0.130. The van der Waals surface area contributed by atoms with Gasteiger partial charge in [-0.2, -0.15) is 4.80 Å². The molecular formula is C23H20FN5OS. The quantitative estimate of drug-likeness (QED) is 0.462. The minimum Gasteiger partial charge on any atom is -0.332 e. The van der Waals surface area contributed by atoms with Crippen LogP contribution in [-0.2, 0) is 6.42 Å². The first-order chi connectivity index (χ1) is 14.9. The van der Waals surface area contributed by atoms with Crippen molar-refractivity contribution in [3.05, 3.63) is 83.2 Å². The Bertz CT molecular complexity index is 1280. The Morgan fingerprint density at radius 1 is 1.06 bits per heavy atom. The summed E-state index contributed by atoms with van der Waals surface area (Å²) < 4.78 is 13.3. The molecule has 0 atom stereocenters. The van der Waals surface area contributed by atoms with E-state index in [4.69, 9.17) is 12.2 Å². The summed E-state index contributed by atoms with van der Waals surface area (Å²) in [6.45, 7) is 4.02. The third kappa shape index (κ3) is 4.59. The molecule has 156 valence electrons. The number of amides is 1. The summed E-state index contributed by atoms with van der Waals surface area (Å²) in [6, 6.07) is 17.2. The number of fused-ring (bicyclic) bond motifs is 1. The normalized spacial score (nSPS) is 10.8. The van der Waals surface area contributed by atoms with Crippen LogP contribution in [-0.4, -0.2) is 26.0 Å². The molecule has 0 aliphatic carbocycles. The lowest BCUT2D eigenvalue weighted by molar-refractivity contribution is 0.0977. The standard InChI is InChI=1S/C23H20FN5OS/c1-3-15-7-9-18(10-8-15)29-27-20-11-14(2)19(13-21(20)28-29)25-23(31)26-22(30)16-5-4-6-17(24)12-16/h4-13H,3H2,1-2H3,(H2,25,26,30,31). The Kier molecular flexibility index (Phi) is 5.73. The van der Waals surface area contributed by atoms with Gasteiger partial charge in [0.1, 0.15) is 16.9 Å². The number of anilines is 1. The van der Waals surface area contributed by atoms with Crippen LogP contribution in [0.4, 0.5) is 10.1 Å². The highest BCUT2D eigenvalue weighted by Gasteiger charge is 2.12. The summed E-state index contributed by atoms with van der Waals surface area (Å²) in [5.74, 6) is -0.975. The SMILES string of the molecule is CCc1ccc(-n2nc3cc(C)c(NC(=S)NC(=O)c4cccc(F)c4)cc3n2)cc1. The second kappa shape index (κ2) is 8.61. The summed E-state index contributed by atoms with van der Waals surface area (Å²) in [7, 11) is 0. The number of aryl methyl sites for hydroxylation is 2. The van der Waals surface area contributed by atoms with Gasteiger partial charge in [-0.15, -0.1) is 10.2 Å². The van der Waals surface area contributed by atoms with E-state index in [1.165, 1.54) is 23.8 Å². The maximum Gasteiger partial charge on any atom is 0.257 e. The number of aromatic nitrogens is 3. The van der Waals surface area contributed by atoms with Crippen LogP contribution < -0.4 is 10.6 Å². The van der Waals surface area contributed by atoms with Gasteiger partial charge in [-0.25, -0.2) is 4.39 Å². The van der Waals surface area contributed by atoms with E-state index in [0.29, 0.717) is 11.2 Å². The van der Waals surface area contributed by atoms with Crippen LogP contribution in [0.15, 0.2) is 60.7 Å². The Hall–Kier alpha value is -3.65. The van der Waals surface area contributed by atoms with Gasteiger partial charge >= 0.3 is 0 Å². The van der Waals surface area contributed by atoms with E-state index in [1.807, 2.05) is 31.2 Å². The van der Waals surface area contributed by atoms with Gasteiger partial charge in [0.2, 0.25) is 0 Å². The summed E-state index contributed by atoms with van der Waals surface area (Å²) in [6.07, 6.45) is 0.971. The first-order valence-corrected chi connectivity index (χ1v) is 10.2. The molecule has 0 radical (unpaired) electrons. The van der Waals surface area contributed by atoms with E-state index in [1.54, 1.807) is 4.80 Å². The summed E-state index contributed by atoms with van der Waals surface area (Å²) in [5.41, 5.74) is 5.33. The molecule has 3 aromatic carbocycles. The number of carbonyl (C=O) groups excluding carboxylic acids is 1. The fourth-order valence-corrected chi connectivity index (χ4v) is 3.34. The number of nitrogens with one attached hydrogen (secondary N) is 2. The molecule has 0 aliphatic heterocycles. The molecule has 0 spiro atoms. The number of hydrogen-bond donors (Lipinski definition) is 2. The molecule has 2 N–H and O–H groups in total. The molecule has 6 nitrogen and oxygen atoms in total. The van der Waals surface area contributed by atoms with Crippen molar-refractivity contribution in [1.82, 2.24) is 20.3 Å². The van der Waals surface area contributed by atoms with Crippen molar-refractivity contribution in [3.63, 3.8) is 0 Å². The van der Waals surface area contributed by atoms with Crippen molar-refractivity contribution >= 4 is 40.0 Å². The van der Waals surface area contributed by atoms with Crippen molar-refractivity contribution in [2.75, 3.05) is 5.32 Å². The molecule has 0 saturated heterocycles. The van der Waals surface area contributed by atoms with Gasteiger partial charge in [0.15, 0.2) is 5.11 Å². The highest BCUT2D eigenvalue weighted by atomic mass is 32.1. The van der Waals surface area contributed by atoms with Crippen molar-refractivity contribution in [1.29, 1.82) is 0 Å². The average molecular weight is 434 g/mol. The van der Waals surface area contributed by atoms with E-state index in [2.05, 4.69) is 39.9 Å². The van der Waals surface area contributed by atoms with Gasteiger partial charge in [0.05, 0.1) is 5.69 Å². The van der Waals surface area contributed by atoms with Crippen LogP contribution in [0.2, 0.25) is 0 Å². The highest BCUT2D eigenvalue weighted by molar-refractivity contribution is 7.80. The maximum atomic E-state index is 13.3. The van der Waals surface area contributed by atoms with Gasteiger partial charge in [0.25, 0.3) is 5.91 Å². The molecule has 0 saturated carbocycles. The molecule has 1 heterocycles. The van der Waals surface area contributed by atoms with Crippen LogP contribution >= 0.6 is 12.2 Å². The Morgan fingerprint density at radius 2 is 1.77 bits per heavy atom. The predicted molar refractivity (Wildman–Crippen MR) is 123 cm³/mol. The van der Waals surface area contributed by atoms with Crippen LogP contribution in [0, 0.1) is 12.7 Å². The zero-order valence-electron chi connectivity index (χ0n) is 17.0. The van der Waals surface area contributed by atoms with E-state index < -0.39 is 11.7 Å². The Labute approximate surface area is 184 Å².